The van der Waals surface area contributed by atoms with Gasteiger partial charge in [0.25, 0.3) is 0 Å². The zero-order valence-corrected chi connectivity index (χ0v) is 16.8. The van der Waals surface area contributed by atoms with Gasteiger partial charge in [0.15, 0.2) is 11.5 Å². The molecule has 0 saturated carbocycles. The molecule has 2 aliphatic rings. The number of nitrogens with zero attached hydrogens (tertiary/aromatic N) is 2. The Bertz CT molecular complexity index is 945. The number of carbonyl (C=O) groups is 2. The second kappa shape index (κ2) is 8.46. The minimum absolute atomic E-state index is 0.0122. The lowest BCUT2D eigenvalue weighted by molar-refractivity contribution is -0.125. The van der Waals surface area contributed by atoms with Crippen molar-refractivity contribution in [3.8, 4) is 23.6 Å². The number of hydrogen-bond donors (Lipinski definition) is 2. The van der Waals surface area contributed by atoms with Gasteiger partial charge in [-0.1, -0.05) is 37.7 Å². The summed E-state index contributed by atoms with van der Waals surface area (Å²) >= 11 is 1.06. The predicted molar refractivity (Wildman–Crippen MR) is 105 cm³/mol. The lowest BCUT2D eigenvalue weighted by Crippen LogP contribution is -2.45. The molecule has 0 radical (unpaired) electrons. The smallest absolute Gasteiger partial charge is 0.243 e. The summed E-state index contributed by atoms with van der Waals surface area (Å²) < 4.78 is 11.4. The first-order valence-corrected chi connectivity index (χ1v) is 9.98. The fraction of sp³-hybridized carbons (Fsp3) is 0.400. The Balaban J connectivity index is 1.55. The first-order chi connectivity index (χ1) is 13.9. The molecule has 3 rings (SSSR count). The van der Waals surface area contributed by atoms with Gasteiger partial charge in [-0.05, 0) is 12.1 Å². The Morgan fingerprint density at radius 1 is 1.34 bits per heavy atom. The number of para-hydroxylation sites is 2. The molecule has 0 aliphatic carbocycles. The van der Waals surface area contributed by atoms with Crippen molar-refractivity contribution < 1.29 is 19.1 Å². The summed E-state index contributed by atoms with van der Waals surface area (Å²) in [6.45, 7) is 3.95. The Hall–Kier alpha value is -3.17. The topological polar surface area (TPSA) is 124 Å². The fourth-order valence-electron chi connectivity index (χ4n) is 3.11. The van der Waals surface area contributed by atoms with E-state index >= 15 is 0 Å². The van der Waals surface area contributed by atoms with Crippen molar-refractivity contribution in [2.45, 2.75) is 20.0 Å². The molecule has 0 aromatic heterocycles. The number of amides is 2. The molecule has 8 nitrogen and oxygen atoms in total. The van der Waals surface area contributed by atoms with Gasteiger partial charge >= 0.3 is 0 Å². The molecule has 2 atom stereocenters. The van der Waals surface area contributed by atoms with E-state index in [1.807, 2.05) is 24.3 Å². The average Bonchev–Trinajstić information content (AvgIpc) is 2.70. The van der Waals surface area contributed by atoms with Crippen LogP contribution >= 0.6 is 11.8 Å². The summed E-state index contributed by atoms with van der Waals surface area (Å²) in [6, 6.07) is 11.3. The molecule has 9 heteroatoms. The molecule has 0 fully saturated rings. The standard InChI is InChI=1S/C20H20N4O4S/c1-20(2)13(7-21)18(26)24-19(14(20)8-22)29-11-17(25)23-9-12-10-27-15-5-3-4-6-16(15)28-12/h3-6,12-13H,9-11H2,1-2H3,(H,23,25)(H,24,26)/t12-,13+/m1/s1. The van der Waals surface area contributed by atoms with Gasteiger partial charge in [0.2, 0.25) is 11.8 Å². The van der Waals surface area contributed by atoms with Crippen LogP contribution in [-0.2, 0) is 9.59 Å². The first kappa shape index (κ1) is 20.6. The molecular formula is C20H20N4O4S. The van der Waals surface area contributed by atoms with Gasteiger partial charge in [0.1, 0.15) is 18.6 Å². The quantitative estimate of drug-likeness (QED) is 0.754. The average molecular weight is 412 g/mol. The minimum Gasteiger partial charge on any atom is -0.486 e. The number of fused-ring (bicyclic) bond motifs is 1. The molecule has 2 N–H and O–H groups in total. The molecule has 2 amide bonds. The summed E-state index contributed by atoms with van der Waals surface area (Å²) in [7, 11) is 0. The number of hydrogen-bond acceptors (Lipinski definition) is 7. The van der Waals surface area contributed by atoms with E-state index in [0.29, 0.717) is 28.7 Å². The SMILES string of the molecule is CC1(C)C(C#N)=C(SCC(=O)NC[C@@H]2COc3ccccc3O2)NC(=O)[C@@H]1C#N. The highest BCUT2D eigenvalue weighted by Gasteiger charge is 2.44. The van der Waals surface area contributed by atoms with Crippen molar-refractivity contribution in [3.05, 3.63) is 34.9 Å². The molecule has 2 heterocycles. The Morgan fingerprint density at radius 3 is 2.76 bits per heavy atom. The monoisotopic (exact) mass is 412 g/mol. The van der Waals surface area contributed by atoms with Crippen molar-refractivity contribution in [2.24, 2.45) is 11.3 Å². The molecule has 1 aromatic rings. The van der Waals surface area contributed by atoms with Gasteiger partial charge in [-0.3, -0.25) is 9.59 Å². The van der Waals surface area contributed by atoms with E-state index in [1.54, 1.807) is 19.9 Å². The van der Waals surface area contributed by atoms with Gasteiger partial charge in [-0.2, -0.15) is 10.5 Å². The van der Waals surface area contributed by atoms with Crippen LogP contribution in [0.1, 0.15) is 13.8 Å². The molecule has 2 aliphatic heterocycles. The third kappa shape index (κ3) is 4.30. The van der Waals surface area contributed by atoms with E-state index in [-0.39, 0.29) is 24.3 Å². The number of nitriles is 2. The number of allylic oxidation sites excluding steroid dienone is 1. The van der Waals surface area contributed by atoms with E-state index in [4.69, 9.17) is 9.47 Å². The lowest BCUT2D eigenvalue weighted by Gasteiger charge is -2.34. The van der Waals surface area contributed by atoms with Crippen molar-refractivity contribution in [3.63, 3.8) is 0 Å². The largest absolute Gasteiger partial charge is 0.486 e. The van der Waals surface area contributed by atoms with Crippen LogP contribution in [0.3, 0.4) is 0 Å². The molecule has 0 saturated heterocycles. The van der Waals surface area contributed by atoms with Gasteiger partial charge in [0.05, 0.1) is 35.0 Å². The summed E-state index contributed by atoms with van der Waals surface area (Å²) in [5.41, 5.74) is -0.632. The number of carbonyl (C=O) groups excluding carboxylic acids is 2. The summed E-state index contributed by atoms with van der Waals surface area (Å²) in [6.07, 6.45) is -0.308. The van der Waals surface area contributed by atoms with Crippen LogP contribution in [0.5, 0.6) is 11.5 Å². The Morgan fingerprint density at radius 2 is 2.07 bits per heavy atom. The van der Waals surface area contributed by atoms with Crippen molar-refractivity contribution >= 4 is 23.6 Å². The van der Waals surface area contributed by atoms with Crippen molar-refractivity contribution in [2.75, 3.05) is 18.9 Å². The Labute approximate surface area is 172 Å². The predicted octanol–water partition coefficient (Wildman–Crippen LogP) is 1.71. The molecule has 0 unspecified atom stereocenters. The molecule has 0 spiro atoms. The summed E-state index contributed by atoms with van der Waals surface area (Å²) in [4.78, 5) is 24.4. The van der Waals surface area contributed by atoms with Crippen LogP contribution in [0.25, 0.3) is 0 Å². The van der Waals surface area contributed by atoms with Gasteiger partial charge in [0, 0.05) is 5.41 Å². The Kier molecular flexibility index (Phi) is 6.00. The van der Waals surface area contributed by atoms with Gasteiger partial charge in [-0.25, -0.2) is 0 Å². The number of thioether (sulfide) groups is 1. The van der Waals surface area contributed by atoms with Crippen LogP contribution in [0, 0.1) is 34.0 Å². The maximum atomic E-state index is 12.2. The first-order valence-electron chi connectivity index (χ1n) is 9.00. The molecule has 150 valence electrons. The number of nitrogens with one attached hydrogen (secondary N) is 2. The van der Waals surface area contributed by atoms with Crippen LogP contribution in [-0.4, -0.2) is 36.8 Å². The van der Waals surface area contributed by atoms with E-state index in [0.717, 1.165) is 11.8 Å². The maximum Gasteiger partial charge on any atom is 0.243 e. The maximum absolute atomic E-state index is 12.2. The lowest BCUT2D eigenvalue weighted by atomic mass is 9.72. The van der Waals surface area contributed by atoms with Crippen molar-refractivity contribution in [1.29, 1.82) is 10.5 Å². The van der Waals surface area contributed by atoms with E-state index in [9.17, 15) is 20.1 Å². The second-order valence-corrected chi connectivity index (χ2v) is 8.16. The summed E-state index contributed by atoms with van der Waals surface area (Å²) in [5.74, 6) is -0.370. The number of ether oxygens (including phenoxy) is 2. The van der Waals surface area contributed by atoms with Crippen LogP contribution in [0.2, 0.25) is 0 Å². The molecular weight excluding hydrogens is 392 g/mol. The molecule has 0 bridgehead atoms. The van der Waals surface area contributed by atoms with Gasteiger partial charge < -0.3 is 20.1 Å². The van der Waals surface area contributed by atoms with Crippen LogP contribution < -0.4 is 20.1 Å². The van der Waals surface area contributed by atoms with E-state index in [1.165, 1.54) is 0 Å². The normalized spacial score (nSPS) is 22.1. The van der Waals surface area contributed by atoms with Crippen LogP contribution in [0.4, 0.5) is 0 Å². The van der Waals surface area contributed by atoms with E-state index in [2.05, 4.69) is 16.7 Å². The zero-order valence-electron chi connectivity index (χ0n) is 16.0. The highest BCUT2D eigenvalue weighted by molar-refractivity contribution is 8.03. The number of benzene rings is 1. The van der Waals surface area contributed by atoms with E-state index < -0.39 is 17.2 Å². The molecule has 29 heavy (non-hydrogen) atoms. The van der Waals surface area contributed by atoms with Crippen molar-refractivity contribution in [1.82, 2.24) is 10.6 Å². The zero-order chi connectivity index (χ0) is 21.0. The number of rotatable bonds is 5. The molecule has 1 aromatic carbocycles. The highest BCUT2D eigenvalue weighted by atomic mass is 32.2. The van der Waals surface area contributed by atoms with Crippen LogP contribution in [0.15, 0.2) is 34.9 Å². The highest BCUT2D eigenvalue weighted by Crippen LogP contribution is 2.41. The third-order valence-electron chi connectivity index (χ3n) is 4.77. The minimum atomic E-state index is -0.957. The summed E-state index contributed by atoms with van der Waals surface area (Å²) in [5, 5.41) is 24.4. The third-order valence-corrected chi connectivity index (χ3v) is 5.78. The van der Waals surface area contributed by atoms with Gasteiger partial charge in [-0.15, -0.1) is 0 Å². The second-order valence-electron chi connectivity index (χ2n) is 7.18. The fourth-order valence-corrected chi connectivity index (χ4v) is 4.12.